The summed E-state index contributed by atoms with van der Waals surface area (Å²) in [6.45, 7) is 2.39. The molecule has 2 atom stereocenters. The molecule has 0 amide bonds. The van der Waals surface area contributed by atoms with Crippen LogP contribution in [0.25, 0.3) is 0 Å². The molecule has 0 aliphatic rings. The Bertz CT molecular complexity index is 6.00. The molecule has 0 aromatic rings. The zero-order valence-electron chi connectivity index (χ0n) is 2.07. The van der Waals surface area contributed by atoms with Gasteiger partial charge in [0.15, 0.2) is 0 Å². The van der Waals surface area contributed by atoms with Crippen molar-refractivity contribution in [1.82, 2.24) is 0 Å². The van der Waals surface area contributed by atoms with Gasteiger partial charge in [-0.1, -0.05) is 28.9 Å². The van der Waals surface area contributed by atoms with Crippen LogP contribution in [0.5, 0.6) is 0 Å². The maximum atomic E-state index is 2.39. The van der Waals surface area contributed by atoms with E-state index in [4.69, 9.17) is 0 Å². The van der Waals surface area contributed by atoms with Crippen LogP contribution in [0.4, 0.5) is 4.70 Å². The predicted octanol–water partition coefficient (Wildman–Crippen LogP) is 1.42. The van der Waals surface area contributed by atoms with E-state index in [2.05, 4.69) is 28.9 Å². The Balaban J connectivity index is -0.00000000500. The summed E-state index contributed by atoms with van der Waals surface area (Å²) in [6.07, 6.45) is 0. The zero-order valence-corrected chi connectivity index (χ0v) is 6.80. The molecule has 0 saturated heterocycles. The Kier molecular flexibility index (Phi) is 108. The van der Waals surface area contributed by atoms with Gasteiger partial charge in [-0.3, -0.25) is 4.70 Å². The molecule has 0 bridgehead atoms. The van der Waals surface area contributed by atoms with Gasteiger partial charge in [0.05, 0.1) is 0 Å². The SMILES string of the molecule is F.P.PI. The topological polar surface area (TPSA) is 0 Å². The van der Waals surface area contributed by atoms with Crippen LogP contribution in [0.3, 0.4) is 0 Å². The monoisotopic (exact) mass is 214 g/mol. The normalized spacial score (nSPS) is 1.50. The predicted molar refractivity (Wildman–Crippen MR) is 37.3 cm³/mol. The summed E-state index contributed by atoms with van der Waals surface area (Å²) in [4.78, 5) is 0. The van der Waals surface area contributed by atoms with Gasteiger partial charge in [-0.2, -0.15) is 9.90 Å². The molecular formula is H6FIP2. The smallest absolute Gasteiger partial charge is 0.0610 e. The van der Waals surface area contributed by atoms with Gasteiger partial charge >= 0.3 is 0 Å². The lowest BCUT2D eigenvalue weighted by atomic mass is 19.0. The molecule has 30 valence electrons. The molecule has 4 heteroatoms. The Morgan fingerprint density at radius 2 is 1.25 bits per heavy atom. The van der Waals surface area contributed by atoms with Crippen molar-refractivity contribution in [3.8, 4) is 0 Å². The van der Waals surface area contributed by atoms with E-state index in [0.717, 1.165) is 0 Å². The molecular weight excluding hydrogens is 208 g/mol. The van der Waals surface area contributed by atoms with Crippen LogP contribution in [-0.4, -0.2) is 0 Å². The molecule has 0 aromatic heterocycles. The lowest BCUT2D eigenvalue weighted by Gasteiger charge is -1.07. The molecule has 0 fully saturated rings. The van der Waals surface area contributed by atoms with Gasteiger partial charge in [0, 0.05) is 0 Å². The number of rotatable bonds is 0. The van der Waals surface area contributed by atoms with Crippen molar-refractivity contribution in [3.05, 3.63) is 0 Å². The molecule has 0 radical (unpaired) electrons. The van der Waals surface area contributed by atoms with E-state index >= 15 is 0 Å². The van der Waals surface area contributed by atoms with Gasteiger partial charge in [0.25, 0.3) is 0 Å². The average molecular weight is 214 g/mol. The Labute approximate surface area is 43.8 Å². The van der Waals surface area contributed by atoms with Crippen LogP contribution < -0.4 is 0 Å². The standard InChI is InChI=1S/FH.H2IP.H3P/c;1-2;/h1H;2H2;1H3. The fraction of sp³-hybridized carbons (Fsp3) is 0. The van der Waals surface area contributed by atoms with Crippen LogP contribution in [0.1, 0.15) is 0 Å². The highest BCUT2D eigenvalue weighted by Crippen LogP contribution is 1.87. The first-order valence-corrected chi connectivity index (χ1v) is 4.39. The number of hydrogen-bond donors (Lipinski definition) is 0. The van der Waals surface area contributed by atoms with Crippen LogP contribution in [-0.2, 0) is 0 Å². The van der Waals surface area contributed by atoms with E-state index in [0.29, 0.717) is 0 Å². The van der Waals surface area contributed by atoms with Crippen LogP contribution in [0, 0.1) is 0 Å². The van der Waals surface area contributed by atoms with Crippen LogP contribution in [0.15, 0.2) is 0 Å². The average Bonchev–Trinajstić information content (AvgIpc) is 1.00. The summed E-state index contributed by atoms with van der Waals surface area (Å²) in [5.41, 5.74) is 0. The van der Waals surface area contributed by atoms with Crippen molar-refractivity contribution >= 4 is 38.8 Å². The maximum Gasteiger partial charge on any atom is -0.0610 e. The fourth-order valence-corrected chi connectivity index (χ4v) is 0. The van der Waals surface area contributed by atoms with E-state index in [1.807, 2.05) is 0 Å². The molecule has 0 aliphatic carbocycles. The Morgan fingerprint density at radius 3 is 1.25 bits per heavy atom. The third-order valence-electron chi connectivity index (χ3n) is 0. The van der Waals surface area contributed by atoms with E-state index in [9.17, 15) is 0 Å². The molecule has 0 spiro atoms. The zero-order chi connectivity index (χ0) is 2.00. The van der Waals surface area contributed by atoms with Crippen molar-refractivity contribution in [2.45, 2.75) is 0 Å². The lowest BCUT2D eigenvalue weighted by molar-refractivity contribution is 1.11. The maximum absolute atomic E-state index is 2.39. The largest absolute Gasteiger partial charge is 0.269 e. The molecule has 0 aromatic carbocycles. The Hall–Kier alpha value is 1.52. The van der Waals surface area contributed by atoms with E-state index in [-0.39, 0.29) is 14.6 Å². The third kappa shape index (κ3) is 9.68. The van der Waals surface area contributed by atoms with Crippen molar-refractivity contribution in [2.24, 2.45) is 0 Å². The fourth-order valence-electron chi connectivity index (χ4n) is 0. The molecule has 0 rings (SSSR count). The number of hydrogen-bond acceptors (Lipinski definition) is 0. The summed E-state index contributed by atoms with van der Waals surface area (Å²) in [5, 5.41) is 0. The molecule has 0 N–H and O–H groups in total. The summed E-state index contributed by atoms with van der Waals surface area (Å²) in [5.74, 6) is 0. The van der Waals surface area contributed by atoms with Gasteiger partial charge in [0.1, 0.15) is 0 Å². The minimum atomic E-state index is 0. The summed E-state index contributed by atoms with van der Waals surface area (Å²) >= 11 is 2.07. The molecule has 0 heterocycles. The minimum absolute atomic E-state index is 0. The first-order chi connectivity index (χ1) is 1.00. The van der Waals surface area contributed by atoms with Crippen LogP contribution >= 0.6 is 38.8 Å². The highest BCUT2D eigenvalue weighted by Gasteiger charge is 0.934. The van der Waals surface area contributed by atoms with Crippen LogP contribution in [0.2, 0.25) is 0 Å². The van der Waals surface area contributed by atoms with Crippen molar-refractivity contribution in [1.29, 1.82) is 0 Å². The second kappa shape index (κ2) is 24.2. The Morgan fingerprint density at radius 1 is 1.25 bits per heavy atom. The molecule has 4 heavy (non-hydrogen) atoms. The highest BCUT2D eigenvalue weighted by molar-refractivity contribution is 14.2. The van der Waals surface area contributed by atoms with Gasteiger partial charge < -0.3 is 0 Å². The quantitative estimate of drug-likeness (QED) is 0.422. The highest BCUT2D eigenvalue weighted by atomic mass is 127. The minimum Gasteiger partial charge on any atom is -0.269 e. The van der Waals surface area contributed by atoms with Gasteiger partial charge in [-0.15, -0.1) is 0 Å². The van der Waals surface area contributed by atoms with E-state index in [1.165, 1.54) is 0 Å². The summed E-state index contributed by atoms with van der Waals surface area (Å²) in [7, 11) is 0. The molecule has 0 aliphatic heterocycles. The van der Waals surface area contributed by atoms with E-state index in [1.54, 1.807) is 0 Å². The van der Waals surface area contributed by atoms with Gasteiger partial charge in [0.2, 0.25) is 0 Å². The van der Waals surface area contributed by atoms with Gasteiger partial charge in [-0.25, -0.2) is 0 Å². The number of halogens is 2. The summed E-state index contributed by atoms with van der Waals surface area (Å²) < 4.78 is 0. The summed E-state index contributed by atoms with van der Waals surface area (Å²) in [6, 6.07) is 0. The van der Waals surface area contributed by atoms with E-state index < -0.39 is 0 Å². The van der Waals surface area contributed by atoms with Crippen molar-refractivity contribution in [2.75, 3.05) is 0 Å². The van der Waals surface area contributed by atoms with Crippen molar-refractivity contribution in [3.63, 3.8) is 0 Å². The van der Waals surface area contributed by atoms with Gasteiger partial charge in [-0.05, 0) is 0 Å². The van der Waals surface area contributed by atoms with Crippen molar-refractivity contribution < 1.29 is 4.70 Å². The lowest BCUT2D eigenvalue weighted by Crippen LogP contribution is -0.127. The first kappa shape index (κ1) is 17.8. The first-order valence-electron chi connectivity index (χ1n) is 0.218. The second-order valence-corrected chi connectivity index (χ2v) is 0. The molecule has 0 nitrogen and oxygen atoms in total. The molecule has 2 unspecified atom stereocenters. The molecule has 0 saturated carbocycles. The third-order valence-corrected chi connectivity index (χ3v) is 0. The second-order valence-electron chi connectivity index (χ2n) is 0.